The van der Waals surface area contributed by atoms with Gasteiger partial charge in [0.1, 0.15) is 0 Å². The molecule has 1 atom stereocenters. The molecule has 1 aromatic rings. The van der Waals surface area contributed by atoms with E-state index in [1.807, 2.05) is 0 Å². The Labute approximate surface area is 81.9 Å². The summed E-state index contributed by atoms with van der Waals surface area (Å²) in [5.74, 6) is -0.0951. The minimum Gasteiger partial charge on any atom is -0.348 e. The first kappa shape index (κ1) is 10.0. The molecule has 70 valence electrons. The number of nitrogens with one attached hydrogen (secondary N) is 1. The van der Waals surface area contributed by atoms with Crippen molar-refractivity contribution in [2.45, 2.75) is 13.0 Å². The van der Waals surface area contributed by atoms with E-state index in [9.17, 15) is 4.79 Å². The number of carbonyl (C=O) groups is 1. The van der Waals surface area contributed by atoms with E-state index in [2.05, 4.69) is 11.1 Å². The molecule has 1 aromatic carbocycles. The lowest BCUT2D eigenvalue weighted by Crippen LogP contribution is -2.64. The Bertz CT molecular complexity index is 295. The van der Waals surface area contributed by atoms with E-state index in [1.165, 1.54) is 0 Å². The lowest BCUT2D eigenvalue weighted by Gasteiger charge is -2.04. The number of rotatable bonds is 2. The van der Waals surface area contributed by atoms with Gasteiger partial charge in [0, 0.05) is 10.7 Å². The van der Waals surface area contributed by atoms with Crippen LogP contribution in [0.4, 0.5) is 5.69 Å². The normalized spacial score (nSPS) is 12.2. The van der Waals surface area contributed by atoms with Gasteiger partial charge in [-0.05, 0) is 31.2 Å². The van der Waals surface area contributed by atoms with Crippen LogP contribution in [0.2, 0.25) is 5.02 Å². The number of quaternary nitrogens is 1. The zero-order chi connectivity index (χ0) is 9.84. The molecule has 0 bridgehead atoms. The molecule has 3 nitrogen and oxygen atoms in total. The van der Waals surface area contributed by atoms with Crippen LogP contribution in [0.25, 0.3) is 0 Å². The van der Waals surface area contributed by atoms with Crippen LogP contribution in [-0.2, 0) is 4.79 Å². The van der Waals surface area contributed by atoms with Crippen molar-refractivity contribution in [3.63, 3.8) is 0 Å². The number of benzene rings is 1. The van der Waals surface area contributed by atoms with Gasteiger partial charge in [0.15, 0.2) is 6.04 Å². The summed E-state index contributed by atoms with van der Waals surface area (Å²) in [5, 5.41) is 3.36. The monoisotopic (exact) mass is 199 g/mol. The molecule has 13 heavy (non-hydrogen) atoms. The van der Waals surface area contributed by atoms with Gasteiger partial charge in [-0.2, -0.15) is 0 Å². The molecule has 0 fully saturated rings. The third-order valence-corrected chi connectivity index (χ3v) is 1.81. The average molecular weight is 200 g/mol. The predicted molar refractivity (Wildman–Crippen MR) is 52.4 cm³/mol. The minimum absolute atomic E-state index is 0.0951. The van der Waals surface area contributed by atoms with Gasteiger partial charge in [-0.3, -0.25) is 4.79 Å². The van der Waals surface area contributed by atoms with Crippen LogP contribution in [-0.4, -0.2) is 11.9 Å². The maximum atomic E-state index is 11.2. The van der Waals surface area contributed by atoms with Crippen LogP contribution < -0.4 is 11.1 Å². The number of halogens is 1. The van der Waals surface area contributed by atoms with Crippen molar-refractivity contribution < 1.29 is 10.5 Å². The Morgan fingerprint density at radius 1 is 1.46 bits per heavy atom. The maximum Gasteiger partial charge on any atom is 0.282 e. The Kier molecular flexibility index (Phi) is 3.28. The van der Waals surface area contributed by atoms with E-state index in [0.29, 0.717) is 5.02 Å². The van der Waals surface area contributed by atoms with Crippen LogP contribution in [0.5, 0.6) is 0 Å². The highest BCUT2D eigenvalue weighted by Gasteiger charge is 2.09. The number of hydrogen-bond donors (Lipinski definition) is 2. The van der Waals surface area contributed by atoms with Gasteiger partial charge in [0.05, 0.1) is 0 Å². The largest absolute Gasteiger partial charge is 0.348 e. The van der Waals surface area contributed by atoms with Crippen LogP contribution >= 0.6 is 11.6 Å². The molecule has 0 saturated carbocycles. The molecule has 1 amide bonds. The molecule has 4 N–H and O–H groups in total. The Hall–Kier alpha value is -1.06. The second-order valence-electron chi connectivity index (χ2n) is 2.90. The Morgan fingerprint density at radius 2 is 2.00 bits per heavy atom. The molecule has 0 spiro atoms. The van der Waals surface area contributed by atoms with E-state index in [0.717, 1.165) is 5.69 Å². The lowest BCUT2D eigenvalue weighted by atomic mass is 10.3. The zero-order valence-electron chi connectivity index (χ0n) is 7.38. The molecule has 0 aromatic heterocycles. The highest BCUT2D eigenvalue weighted by molar-refractivity contribution is 6.30. The molecular formula is C9H12ClN2O+. The van der Waals surface area contributed by atoms with Crippen molar-refractivity contribution in [3.8, 4) is 0 Å². The number of carbonyl (C=O) groups excluding carboxylic acids is 1. The smallest absolute Gasteiger partial charge is 0.282 e. The molecule has 1 rings (SSSR count). The summed E-state index contributed by atoms with van der Waals surface area (Å²) in [6, 6.07) is 6.71. The van der Waals surface area contributed by atoms with Crippen molar-refractivity contribution in [2.24, 2.45) is 0 Å². The first-order valence-electron chi connectivity index (χ1n) is 3.99. The summed E-state index contributed by atoms with van der Waals surface area (Å²) in [4.78, 5) is 11.2. The summed E-state index contributed by atoms with van der Waals surface area (Å²) in [7, 11) is 0. The second-order valence-corrected chi connectivity index (χ2v) is 3.33. The third-order valence-electron chi connectivity index (χ3n) is 1.56. The van der Waals surface area contributed by atoms with E-state index in [-0.39, 0.29) is 11.9 Å². The number of hydrogen-bond acceptors (Lipinski definition) is 1. The molecular weight excluding hydrogens is 188 g/mol. The fourth-order valence-electron chi connectivity index (χ4n) is 0.799. The van der Waals surface area contributed by atoms with Crippen LogP contribution in [0, 0.1) is 0 Å². The highest BCUT2D eigenvalue weighted by atomic mass is 35.5. The molecule has 0 heterocycles. The topological polar surface area (TPSA) is 56.7 Å². The molecule has 0 aliphatic carbocycles. The fourth-order valence-corrected chi connectivity index (χ4v) is 0.925. The molecule has 4 heteroatoms. The molecule has 0 unspecified atom stereocenters. The Morgan fingerprint density at radius 3 is 2.46 bits per heavy atom. The standard InChI is InChI=1S/C9H11ClN2O/c1-6(11)9(13)12-8-4-2-7(10)3-5-8/h2-6H,11H2,1H3,(H,12,13)/p+1/t6-/m0/s1. The summed E-state index contributed by atoms with van der Waals surface area (Å²) < 4.78 is 0. The molecule has 0 aliphatic heterocycles. The van der Waals surface area contributed by atoms with E-state index in [4.69, 9.17) is 11.6 Å². The summed E-state index contributed by atoms with van der Waals surface area (Å²) >= 11 is 5.69. The second kappa shape index (κ2) is 4.25. The zero-order valence-corrected chi connectivity index (χ0v) is 8.14. The van der Waals surface area contributed by atoms with Gasteiger partial charge in [0.2, 0.25) is 0 Å². The molecule has 0 saturated heterocycles. The minimum atomic E-state index is -0.254. The van der Waals surface area contributed by atoms with E-state index >= 15 is 0 Å². The van der Waals surface area contributed by atoms with Crippen LogP contribution in [0.3, 0.4) is 0 Å². The molecule has 0 radical (unpaired) electrons. The van der Waals surface area contributed by atoms with E-state index in [1.54, 1.807) is 31.2 Å². The van der Waals surface area contributed by atoms with Gasteiger partial charge in [-0.15, -0.1) is 0 Å². The molecule has 0 aliphatic rings. The average Bonchev–Trinajstić information content (AvgIpc) is 2.08. The SMILES string of the molecule is C[C@H]([NH3+])C(=O)Nc1ccc(Cl)cc1. The van der Waals surface area contributed by atoms with Crippen LogP contribution in [0.15, 0.2) is 24.3 Å². The van der Waals surface area contributed by atoms with Gasteiger partial charge < -0.3 is 11.1 Å². The van der Waals surface area contributed by atoms with Crippen LogP contribution in [0.1, 0.15) is 6.92 Å². The quantitative estimate of drug-likeness (QED) is 0.731. The summed E-state index contributed by atoms with van der Waals surface area (Å²) in [6.07, 6.45) is 0. The van der Waals surface area contributed by atoms with Gasteiger partial charge in [0.25, 0.3) is 5.91 Å². The Balaban J connectivity index is 2.65. The fraction of sp³-hybridized carbons (Fsp3) is 0.222. The van der Waals surface area contributed by atoms with Crippen molar-refractivity contribution in [1.29, 1.82) is 0 Å². The first-order valence-corrected chi connectivity index (χ1v) is 4.37. The van der Waals surface area contributed by atoms with Gasteiger partial charge >= 0.3 is 0 Å². The highest BCUT2D eigenvalue weighted by Crippen LogP contribution is 2.13. The van der Waals surface area contributed by atoms with Crippen molar-refractivity contribution in [3.05, 3.63) is 29.3 Å². The van der Waals surface area contributed by atoms with Crippen molar-refractivity contribution in [2.75, 3.05) is 5.32 Å². The number of amides is 1. The maximum absolute atomic E-state index is 11.2. The van der Waals surface area contributed by atoms with Crippen molar-refractivity contribution in [1.82, 2.24) is 0 Å². The predicted octanol–water partition coefficient (Wildman–Crippen LogP) is 0.909. The summed E-state index contributed by atoms with van der Waals surface area (Å²) in [6.45, 7) is 1.74. The van der Waals surface area contributed by atoms with Gasteiger partial charge in [-0.25, -0.2) is 0 Å². The van der Waals surface area contributed by atoms with Crippen molar-refractivity contribution >= 4 is 23.2 Å². The van der Waals surface area contributed by atoms with Gasteiger partial charge in [-0.1, -0.05) is 11.6 Å². The lowest BCUT2D eigenvalue weighted by molar-refractivity contribution is -0.396. The van der Waals surface area contributed by atoms with E-state index < -0.39 is 0 Å². The first-order chi connectivity index (χ1) is 6.09. The third kappa shape index (κ3) is 3.05. The summed E-state index contributed by atoms with van der Waals surface area (Å²) in [5.41, 5.74) is 4.35. The number of anilines is 1.